The highest BCUT2D eigenvalue weighted by molar-refractivity contribution is 7.07. The van der Waals surface area contributed by atoms with Gasteiger partial charge in [-0.2, -0.15) is 11.3 Å². The van der Waals surface area contributed by atoms with Crippen LogP contribution in [0.4, 0.5) is 5.82 Å². The van der Waals surface area contributed by atoms with Crippen LogP contribution in [0.1, 0.15) is 35.2 Å². The smallest absolute Gasteiger partial charge is 0.255 e. The molecule has 1 amide bonds. The molecular weight excluding hydrogens is 330 g/mol. The summed E-state index contributed by atoms with van der Waals surface area (Å²) in [7, 11) is 1.96. The molecule has 0 aliphatic carbocycles. The van der Waals surface area contributed by atoms with Crippen LogP contribution in [0.25, 0.3) is 0 Å². The van der Waals surface area contributed by atoms with Crippen molar-refractivity contribution in [2.75, 3.05) is 25.0 Å². The molecule has 1 saturated heterocycles. The molecule has 6 heteroatoms. The third-order valence-corrected chi connectivity index (χ3v) is 5.08. The van der Waals surface area contributed by atoms with E-state index in [0.29, 0.717) is 16.4 Å². The van der Waals surface area contributed by atoms with Gasteiger partial charge in [0.2, 0.25) is 0 Å². The molecule has 3 heterocycles. The molecule has 0 bridgehead atoms. The summed E-state index contributed by atoms with van der Waals surface area (Å²) in [5.41, 5.74) is 1.80. The Labute approximate surface area is 145 Å². The Morgan fingerprint density at radius 1 is 1.39 bits per heavy atom. The molecule has 4 nitrogen and oxygen atoms in total. The molecule has 122 valence electrons. The fourth-order valence-electron chi connectivity index (χ4n) is 2.84. The minimum absolute atomic E-state index is 0.0335. The molecule has 2 aromatic heterocycles. The second kappa shape index (κ2) is 7.32. The number of carbonyl (C=O) groups excluding carboxylic acids is 1. The van der Waals surface area contributed by atoms with Crippen molar-refractivity contribution in [3.63, 3.8) is 0 Å². The van der Waals surface area contributed by atoms with Crippen molar-refractivity contribution in [1.29, 1.82) is 0 Å². The highest BCUT2D eigenvalue weighted by atomic mass is 35.5. The average Bonchev–Trinajstić information content (AvgIpc) is 3.07. The number of pyridine rings is 1. The number of nitrogens with zero attached hydrogens (tertiary/aromatic N) is 3. The number of halogens is 1. The van der Waals surface area contributed by atoms with E-state index in [9.17, 15) is 4.79 Å². The summed E-state index contributed by atoms with van der Waals surface area (Å²) in [4.78, 5) is 20.8. The topological polar surface area (TPSA) is 36.4 Å². The maximum atomic E-state index is 12.5. The molecular formula is C17H20ClN3OS. The van der Waals surface area contributed by atoms with Gasteiger partial charge >= 0.3 is 0 Å². The molecule has 1 aliphatic heterocycles. The lowest BCUT2D eigenvalue weighted by Gasteiger charge is -2.27. The number of likely N-dealkylation sites (tertiary alicyclic amines) is 1. The van der Waals surface area contributed by atoms with Gasteiger partial charge in [-0.25, -0.2) is 4.98 Å². The lowest BCUT2D eigenvalue weighted by Crippen LogP contribution is -2.35. The molecule has 0 spiro atoms. The van der Waals surface area contributed by atoms with Gasteiger partial charge in [-0.05, 0) is 47.7 Å². The third-order valence-electron chi connectivity index (χ3n) is 4.07. The molecule has 1 fully saturated rings. The minimum atomic E-state index is 0.0335. The van der Waals surface area contributed by atoms with E-state index in [1.165, 1.54) is 12.0 Å². The summed E-state index contributed by atoms with van der Waals surface area (Å²) < 4.78 is 0. The lowest BCUT2D eigenvalue weighted by atomic mass is 10.1. The summed E-state index contributed by atoms with van der Waals surface area (Å²) in [5, 5.41) is 4.68. The zero-order chi connectivity index (χ0) is 16.2. The Balaban J connectivity index is 1.73. The van der Waals surface area contributed by atoms with Crippen molar-refractivity contribution < 1.29 is 4.79 Å². The number of aromatic nitrogens is 1. The second-order valence-electron chi connectivity index (χ2n) is 5.87. The van der Waals surface area contributed by atoms with Gasteiger partial charge < -0.3 is 9.80 Å². The first-order chi connectivity index (χ1) is 11.1. The molecule has 1 aliphatic rings. The van der Waals surface area contributed by atoms with E-state index in [4.69, 9.17) is 11.6 Å². The quantitative estimate of drug-likeness (QED) is 0.835. The van der Waals surface area contributed by atoms with Crippen LogP contribution in [0.2, 0.25) is 5.02 Å². The molecule has 0 aromatic carbocycles. The van der Waals surface area contributed by atoms with Crippen LogP contribution >= 0.6 is 22.9 Å². The number of rotatable bonds is 4. The van der Waals surface area contributed by atoms with Crippen LogP contribution in [0.15, 0.2) is 29.1 Å². The monoisotopic (exact) mass is 349 g/mol. The average molecular weight is 350 g/mol. The molecule has 0 unspecified atom stereocenters. The van der Waals surface area contributed by atoms with Crippen LogP contribution in [-0.2, 0) is 6.54 Å². The summed E-state index contributed by atoms with van der Waals surface area (Å²) in [6.07, 6.45) is 5.00. The first-order valence-electron chi connectivity index (χ1n) is 7.82. The van der Waals surface area contributed by atoms with Gasteiger partial charge in [0.1, 0.15) is 5.82 Å². The first-order valence-corrected chi connectivity index (χ1v) is 9.14. The van der Waals surface area contributed by atoms with Crippen molar-refractivity contribution in [3.8, 4) is 0 Å². The minimum Gasteiger partial charge on any atom is -0.354 e. The number of amides is 1. The largest absolute Gasteiger partial charge is 0.354 e. The van der Waals surface area contributed by atoms with Gasteiger partial charge in [0.15, 0.2) is 0 Å². The number of anilines is 1. The van der Waals surface area contributed by atoms with Crippen molar-refractivity contribution in [2.45, 2.75) is 25.8 Å². The molecule has 0 N–H and O–H groups in total. The van der Waals surface area contributed by atoms with Gasteiger partial charge in [-0.15, -0.1) is 0 Å². The predicted molar refractivity (Wildman–Crippen MR) is 95.4 cm³/mol. The summed E-state index contributed by atoms with van der Waals surface area (Å²) in [6, 6.07) is 3.83. The predicted octanol–water partition coefficient (Wildman–Crippen LogP) is 4.06. The van der Waals surface area contributed by atoms with E-state index < -0.39 is 0 Å². The number of hydrogen-bond acceptors (Lipinski definition) is 4. The number of piperidine rings is 1. The number of hydrogen-bond donors (Lipinski definition) is 0. The van der Waals surface area contributed by atoms with Crippen LogP contribution in [0, 0.1) is 0 Å². The zero-order valence-electron chi connectivity index (χ0n) is 13.2. The molecule has 0 saturated carbocycles. The molecule has 0 radical (unpaired) electrons. The maximum absolute atomic E-state index is 12.5. The van der Waals surface area contributed by atoms with Gasteiger partial charge in [0, 0.05) is 32.9 Å². The maximum Gasteiger partial charge on any atom is 0.255 e. The SMILES string of the molecule is CN(Cc1ccsc1)c1ncc(C(=O)N2CCCCC2)cc1Cl. The highest BCUT2D eigenvalue weighted by Crippen LogP contribution is 2.26. The number of carbonyl (C=O) groups is 1. The van der Waals surface area contributed by atoms with E-state index in [2.05, 4.69) is 21.8 Å². The zero-order valence-corrected chi connectivity index (χ0v) is 14.7. The Bertz CT molecular complexity index is 668. The summed E-state index contributed by atoms with van der Waals surface area (Å²) in [5.74, 6) is 0.735. The van der Waals surface area contributed by atoms with Crippen LogP contribution < -0.4 is 4.90 Å². The number of thiophene rings is 1. The standard InChI is InChI=1S/C17H20ClN3OS/c1-20(11-13-5-8-23-12-13)16-15(18)9-14(10-19-16)17(22)21-6-3-2-4-7-21/h5,8-10,12H,2-4,6-7,11H2,1H3. The summed E-state index contributed by atoms with van der Waals surface area (Å²) in [6.45, 7) is 2.40. The van der Waals surface area contributed by atoms with Crippen LogP contribution in [0.3, 0.4) is 0 Å². The van der Waals surface area contributed by atoms with E-state index in [1.807, 2.05) is 16.8 Å². The van der Waals surface area contributed by atoms with Crippen LogP contribution in [0.5, 0.6) is 0 Å². The van der Waals surface area contributed by atoms with Crippen LogP contribution in [-0.4, -0.2) is 35.9 Å². The van der Waals surface area contributed by atoms with Crippen molar-refractivity contribution in [1.82, 2.24) is 9.88 Å². The Hall–Kier alpha value is -1.59. The van der Waals surface area contributed by atoms with Gasteiger partial charge in [0.05, 0.1) is 10.6 Å². The highest BCUT2D eigenvalue weighted by Gasteiger charge is 2.20. The van der Waals surface area contributed by atoms with Crippen molar-refractivity contribution >= 4 is 34.7 Å². The fourth-order valence-corrected chi connectivity index (χ4v) is 3.81. The van der Waals surface area contributed by atoms with Gasteiger partial charge in [0.25, 0.3) is 5.91 Å². The second-order valence-corrected chi connectivity index (χ2v) is 7.06. The van der Waals surface area contributed by atoms with E-state index >= 15 is 0 Å². The first kappa shape index (κ1) is 16.3. The van der Waals surface area contributed by atoms with E-state index in [0.717, 1.165) is 32.5 Å². The Morgan fingerprint density at radius 3 is 2.83 bits per heavy atom. The molecule has 2 aromatic rings. The molecule has 3 rings (SSSR count). The lowest BCUT2D eigenvalue weighted by molar-refractivity contribution is 0.0724. The normalized spacial score (nSPS) is 14.8. The molecule has 23 heavy (non-hydrogen) atoms. The van der Waals surface area contributed by atoms with E-state index in [1.54, 1.807) is 23.6 Å². The third kappa shape index (κ3) is 3.85. The van der Waals surface area contributed by atoms with Crippen molar-refractivity contribution in [2.24, 2.45) is 0 Å². The Morgan fingerprint density at radius 2 is 2.17 bits per heavy atom. The summed E-state index contributed by atoms with van der Waals surface area (Å²) >= 11 is 8.05. The fraction of sp³-hybridized carbons (Fsp3) is 0.412. The van der Waals surface area contributed by atoms with Gasteiger partial charge in [-0.1, -0.05) is 11.6 Å². The molecule has 0 atom stereocenters. The Kier molecular flexibility index (Phi) is 5.18. The van der Waals surface area contributed by atoms with E-state index in [-0.39, 0.29) is 5.91 Å². The van der Waals surface area contributed by atoms with Gasteiger partial charge in [-0.3, -0.25) is 4.79 Å². The van der Waals surface area contributed by atoms with Crippen molar-refractivity contribution in [3.05, 3.63) is 45.2 Å².